The van der Waals surface area contributed by atoms with Crippen LogP contribution in [0.1, 0.15) is 33.1 Å². The zero-order chi connectivity index (χ0) is 17.3. The summed E-state index contributed by atoms with van der Waals surface area (Å²) < 4.78 is 26.7. The lowest BCUT2D eigenvalue weighted by Gasteiger charge is -2.32. The van der Waals surface area contributed by atoms with E-state index in [1.54, 1.807) is 26.0 Å². The van der Waals surface area contributed by atoms with Crippen LogP contribution in [-0.4, -0.2) is 31.2 Å². The Labute approximate surface area is 137 Å². The van der Waals surface area contributed by atoms with E-state index in [1.807, 2.05) is 0 Å². The van der Waals surface area contributed by atoms with Crippen LogP contribution in [0, 0.1) is 17.2 Å². The first kappa shape index (κ1) is 17.4. The van der Waals surface area contributed by atoms with Crippen LogP contribution >= 0.6 is 0 Å². The number of nitrogens with zero attached hydrogens (tertiary/aromatic N) is 2. The van der Waals surface area contributed by atoms with Gasteiger partial charge in [-0.25, -0.2) is 8.42 Å². The molecule has 1 fully saturated rings. The van der Waals surface area contributed by atoms with Crippen molar-refractivity contribution >= 4 is 21.6 Å². The summed E-state index contributed by atoms with van der Waals surface area (Å²) in [5.74, 6) is -0.0566. The van der Waals surface area contributed by atoms with Crippen LogP contribution in [-0.2, 0) is 14.8 Å². The van der Waals surface area contributed by atoms with Gasteiger partial charge in [0.25, 0.3) is 0 Å². The summed E-state index contributed by atoms with van der Waals surface area (Å²) >= 11 is 0. The van der Waals surface area contributed by atoms with Gasteiger partial charge in [0.2, 0.25) is 15.9 Å². The molecule has 1 aromatic carbocycles. The first-order chi connectivity index (χ1) is 10.8. The first-order valence-electron chi connectivity index (χ1n) is 7.56. The lowest BCUT2D eigenvalue weighted by atomic mass is 9.99. The Morgan fingerprint density at radius 3 is 2.39 bits per heavy atom. The number of carbonyl (C=O) groups excluding carboxylic acids is 1. The highest BCUT2D eigenvalue weighted by Crippen LogP contribution is 2.43. The molecule has 1 aliphatic carbocycles. The standard InChI is InChI=1S/C16H21N3O3S/c1-4-15(20)18-13-7-9-14(10-8-13)23(21,22)19(3)16(2,11-17)12-5-6-12/h7-10,12H,4-6H2,1-3H3,(H,18,20)/t16-/m0/s1. The number of rotatable bonds is 6. The van der Waals surface area contributed by atoms with Crippen molar-refractivity contribution in [1.29, 1.82) is 5.26 Å². The molecule has 1 aromatic rings. The highest BCUT2D eigenvalue weighted by molar-refractivity contribution is 7.89. The lowest BCUT2D eigenvalue weighted by Crippen LogP contribution is -2.47. The van der Waals surface area contributed by atoms with Gasteiger partial charge in [0, 0.05) is 19.2 Å². The number of benzene rings is 1. The van der Waals surface area contributed by atoms with E-state index in [2.05, 4.69) is 11.4 Å². The van der Waals surface area contributed by atoms with Crippen LogP contribution < -0.4 is 5.32 Å². The third-order valence-electron chi connectivity index (χ3n) is 4.37. The predicted octanol–water partition coefficient (Wildman–Crippen LogP) is 2.35. The number of nitriles is 1. The number of hydrogen-bond acceptors (Lipinski definition) is 4. The largest absolute Gasteiger partial charge is 0.326 e. The molecule has 124 valence electrons. The van der Waals surface area contributed by atoms with Crippen molar-refractivity contribution in [2.75, 3.05) is 12.4 Å². The Hall–Kier alpha value is -1.91. The van der Waals surface area contributed by atoms with Crippen LogP contribution in [0.15, 0.2) is 29.2 Å². The highest BCUT2D eigenvalue weighted by atomic mass is 32.2. The minimum Gasteiger partial charge on any atom is -0.326 e. The lowest BCUT2D eigenvalue weighted by molar-refractivity contribution is -0.115. The maximum absolute atomic E-state index is 12.7. The van der Waals surface area contributed by atoms with Crippen molar-refractivity contribution in [3.63, 3.8) is 0 Å². The molecule has 7 heteroatoms. The SMILES string of the molecule is CCC(=O)Nc1ccc(S(=O)(=O)N(C)[C@@](C)(C#N)C2CC2)cc1. The van der Waals surface area contributed by atoms with Gasteiger partial charge in [-0.15, -0.1) is 0 Å². The van der Waals surface area contributed by atoms with Crippen molar-refractivity contribution in [1.82, 2.24) is 4.31 Å². The Morgan fingerprint density at radius 2 is 1.96 bits per heavy atom. The van der Waals surface area contributed by atoms with E-state index in [0.29, 0.717) is 12.1 Å². The molecule has 0 aromatic heterocycles. The van der Waals surface area contributed by atoms with E-state index in [4.69, 9.17) is 0 Å². The van der Waals surface area contributed by atoms with Gasteiger partial charge in [-0.1, -0.05) is 6.92 Å². The molecule has 2 rings (SSSR count). The molecule has 0 bridgehead atoms. The van der Waals surface area contributed by atoms with Crippen LogP contribution in [0.25, 0.3) is 0 Å². The monoisotopic (exact) mass is 335 g/mol. The molecule has 1 atom stereocenters. The van der Waals surface area contributed by atoms with Gasteiger partial charge in [-0.05, 0) is 49.9 Å². The molecule has 1 saturated carbocycles. The van der Waals surface area contributed by atoms with Crippen LogP contribution in [0.3, 0.4) is 0 Å². The normalized spacial score (nSPS) is 17.3. The molecule has 23 heavy (non-hydrogen) atoms. The Balaban J connectivity index is 2.26. The number of amides is 1. The highest BCUT2D eigenvalue weighted by Gasteiger charge is 2.49. The summed E-state index contributed by atoms with van der Waals surface area (Å²) in [6.07, 6.45) is 2.09. The molecule has 0 aliphatic heterocycles. The Kier molecular flexibility index (Phi) is 4.78. The van der Waals surface area contributed by atoms with Gasteiger partial charge in [-0.3, -0.25) is 4.79 Å². The molecule has 0 saturated heterocycles. The van der Waals surface area contributed by atoms with E-state index in [-0.39, 0.29) is 16.7 Å². The van der Waals surface area contributed by atoms with Crippen molar-refractivity contribution in [3.05, 3.63) is 24.3 Å². The molecule has 0 heterocycles. The number of carbonyl (C=O) groups is 1. The fraction of sp³-hybridized carbons (Fsp3) is 0.500. The van der Waals surface area contributed by atoms with Gasteiger partial charge >= 0.3 is 0 Å². The molecule has 1 aliphatic rings. The van der Waals surface area contributed by atoms with Crippen molar-refractivity contribution in [3.8, 4) is 6.07 Å². The fourth-order valence-electron chi connectivity index (χ4n) is 2.43. The maximum Gasteiger partial charge on any atom is 0.244 e. The molecular formula is C16H21N3O3S. The summed E-state index contributed by atoms with van der Waals surface area (Å²) in [5.41, 5.74) is -0.489. The maximum atomic E-state index is 12.7. The number of nitrogens with one attached hydrogen (secondary N) is 1. The van der Waals surface area contributed by atoms with Crippen LogP contribution in [0.4, 0.5) is 5.69 Å². The van der Waals surface area contributed by atoms with Crippen molar-refractivity contribution in [2.24, 2.45) is 5.92 Å². The summed E-state index contributed by atoms with van der Waals surface area (Å²) in [6, 6.07) is 8.14. The van der Waals surface area contributed by atoms with Crippen LogP contribution in [0.5, 0.6) is 0 Å². The van der Waals surface area contributed by atoms with Crippen molar-refractivity contribution < 1.29 is 13.2 Å². The van der Waals surface area contributed by atoms with E-state index in [9.17, 15) is 18.5 Å². The zero-order valence-corrected chi connectivity index (χ0v) is 14.4. The average Bonchev–Trinajstić information content (AvgIpc) is 3.39. The first-order valence-corrected chi connectivity index (χ1v) is 9.00. The third kappa shape index (κ3) is 3.38. The topological polar surface area (TPSA) is 90.3 Å². The molecular weight excluding hydrogens is 314 g/mol. The van der Waals surface area contributed by atoms with Gasteiger partial charge in [0.15, 0.2) is 0 Å². The van der Waals surface area contributed by atoms with Gasteiger partial charge in [-0.2, -0.15) is 9.57 Å². The summed E-state index contributed by atoms with van der Waals surface area (Å²) in [5, 5.41) is 12.1. The molecule has 0 radical (unpaired) electrons. The molecule has 0 unspecified atom stereocenters. The second kappa shape index (κ2) is 6.30. The Morgan fingerprint density at radius 1 is 1.39 bits per heavy atom. The predicted molar refractivity (Wildman–Crippen MR) is 87.1 cm³/mol. The summed E-state index contributed by atoms with van der Waals surface area (Å²) in [7, 11) is -2.32. The van der Waals surface area contributed by atoms with E-state index >= 15 is 0 Å². The number of anilines is 1. The quantitative estimate of drug-likeness (QED) is 0.864. The number of hydrogen-bond donors (Lipinski definition) is 1. The zero-order valence-electron chi connectivity index (χ0n) is 13.5. The summed E-state index contributed by atoms with van der Waals surface area (Å²) in [4.78, 5) is 11.5. The molecule has 6 nitrogen and oxygen atoms in total. The van der Waals surface area contributed by atoms with E-state index in [0.717, 1.165) is 17.1 Å². The number of sulfonamides is 1. The van der Waals surface area contributed by atoms with Gasteiger partial charge < -0.3 is 5.32 Å². The third-order valence-corrected chi connectivity index (χ3v) is 6.34. The molecule has 1 amide bonds. The second-order valence-corrected chi connectivity index (χ2v) is 7.90. The second-order valence-electron chi connectivity index (χ2n) is 5.93. The molecule has 0 spiro atoms. The minimum atomic E-state index is -3.77. The van der Waals surface area contributed by atoms with E-state index in [1.165, 1.54) is 19.2 Å². The van der Waals surface area contributed by atoms with Gasteiger partial charge in [0.05, 0.1) is 11.0 Å². The van der Waals surface area contributed by atoms with Crippen LogP contribution in [0.2, 0.25) is 0 Å². The molecule has 1 N–H and O–H groups in total. The fourth-order valence-corrected chi connectivity index (χ4v) is 3.92. The van der Waals surface area contributed by atoms with E-state index < -0.39 is 15.6 Å². The van der Waals surface area contributed by atoms with Gasteiger partial charge in [0.1, 0.15) is 5.54 Å². The minimum absolute atomic E-state index is 0.0791. The van der Waals surface area contributed by atoms with Crippen molar-refractivity contribution in [2.45, 2.75) is 43.5 Å². The average molecular weight is 335 g/mol. The summed E-state index contributed by atoms with van der Waals surface area (Å²) in [6.45, 7) is 3.40. The Bertz CT molecular complexity index is 733. The smallest absolute Gasteiger partial charge is 0.244 e.